The minimum atomic E-state index is -3.46. The summed E-state index contributed by atoms with van der Waals surface area (Å²) in [5.41, 5.74) is 6.91. The summed E-state index contributed by atoms with van der Waals surface area (Å²) in [4.78, 5) is 12.6. The molecule has 0 aliphatic rings. The van der Waals surface area contributed by atoms with Gasteiger partial charge in [0.05, 0.1) is 6.54 Å². The van der Waals surface area contributed by atoms with Gasteiger partial charge in [-0.2, -0.15) is 0 Å². The zero-order valence-electron chi connectivity index (χ0n) is 18.2. The minimum absolute atomic E-state index is 0.102. The molecule has 0 saturated carbocycles. The van der Waals surface area contributed by atoms with Crippen LogP contribution >= 0.6 is 0 Å². The van der Waals surface area contributed by atoms with E-state index in [0.29, 0.717) is 19.3 Å². The Bertz CT molecular complexity index is 594. The maximum absolute atomic E-state index is 14.3. The van der Waals surface area contributed by atoms with E-state index in [1.54, 1.807) is 0 Å². The third-order valence-electron chi connectivity index (χ3n) is 5.07. The number of amides is 1. The van der Waals surface area contributed by atoms with Crippen LogP contribution in [0.1, 0.15) is 58.9 Å². The standard InChI is InChI=1S/C23H38F2N2O2/c1-16(2)13-19(12-8-11-18-9-6-5-7-10-18)22(29)27-15-23(24,25)21(28)20(26)14-17(3)4/h5-7,9-10,16-17,19-21,28H,8,11-15,26H2,1-4H3,(H,27,29). The number of hydrogen-bond acceptors (Lipinski definition) is 3. The first-order valence-electron chi connectivity index (χ1n) is 10.7. The first-order chi connectivity index (χ1) is 13.5. The molecule has 0 aliphatic heterocycles. The quantitative estimate of drug-likeness (QED) is 0.455. The van der Waals surface area contributed by atoms with Crippen LogP contribution in [-0.4, -0.2) is 35.6 Å². The molecule has 3 atom stereocenters. The van der Waals surface area contributed by atoms with E-state index in [1.807, 2.05) is 58.0 Å². The summed E-state index contributed by atoms with van der Waals surface area (Å²) in [6, 6.07) is 8.97. The van der Waals surface area contributed by atoms with Gasteiger partial charge in [-0.05, 0) is 49.5 Å². The highest BCUT2D eigenvalue weighted by molar-refractivity contribution is 5.78. The van der Waals surface area contributed by atoms with E-state index in [1.165, 1.54) is 5.56 Å². The highest BCUT2D eigenvalue weighted by Crippen LogP contribution is 2.24. The molecule has 1 amide bonds. The number of aryl methyl sites for hydroxylation is 1. The molecule has 0 heterocycles. The van der Waals surface area contributed by atoms with Crippen LogP contribution in [0.2, 0.25) is 0 Å². The number of hydrogen-bond donors (Lipinski definition) is 3. The molecule has 6 heteroatoms. The first kappa shape index (κ1) is 25.5. The maximum atomic E-state index is 14.3. The Labute approximate surface area is 174 Å². The zero-order chi connectivity index (χ0) is 22.0. The van der Waals surface area contributed by atoms with Crippen LogP contribution in [0, 0.1) is 17.8 Å². The number of carbonyl (C=O) groups is 1. The predicted octanol–water partition coefficient (Wildman–Crippen LogP) is 4.16. The fourth-order valence-corrected chi connectivity index (χ4v) is 3.56. The van der Waals surface area contributed by atoms with E-state index >= 15 is 0 Å². The molecule has 0 aliphatic carbocycles. The molecule has 4 nitrogen and oxygen atoms in total. The second-order valence-corrected chi connectivity index (χ2v) is 8.92. The smallest absolute Gasteiger partial charge is 0.291 e. The molecule has 0 spiro atoms. The van der Waals surface area contributed by atoms with Crippen molar-refractivity contribution in [1.29, 1.82) is 0 Å². The zero-order valence-corrected chi connectivity index (χ0v) is 18.2. The van der Waals surface area contributed by atoms with E-state index in [4.69, 9.17) is 5.73 Å². The van der Waals surface area contributed by atoms with Crippen LogP contribution in [0.5, 0.6) is 0 Å². The fraction of sp³-hybridized carbons (Fsp3) is 0.696. The number of nitrogens with two attached hydrogens (primary N) is 1. The number of benzene rings is 1. The number of carbonyl (C=O) groups excluding carboxylic acids is 1. The van der Waals surface area contributed by atoms with E-state index < -0.39 is 24.6 Å². The summed E-state index contributed by atoms with van der Waals surface area (Å²) in [5.74, 6) is -3.78. The molecule has 0 radical (unpaired) electrons. The Kier molecular flexibility index (Phi) is 10.8. The van der Waals surface area contributed by atoms with Crippen molar-refractivity contribution in [3.8, 4) is 0 Å². The molecule has 1 rings (SSSR count). The number of halogens is 2. The Morgan fingerprint density at radius 1 is 1.10 bits per heavy atom. The summed E-state index contributed by atoms with van der Waals surface area (Å²) >= 11 is 0. The van der Waals surface area contributed by atoms with E-state index in [-0.39, 0.29) is 23.7 Å². The summed E-state index contributed by atoms with van der Waals surface area (Å²) in [6.45, 7) is 6.85. The normalized spacial score (nSPS) is 15.4. The van der Waals surface area contributed by atoms with Gasteiger partial charge in [-0.25, -0.2) is 8.78 Å². The van der Waals surface area contributed by atoms with Crippen molar-refractivity contribution in [2.45, 2.75) is 77.9 Å². The van der Waals surface area contributed by atoms with Crippen molar-refractivity contribution in [1.82, 2.24) is 5.32 Å². The van der Waals surface area contributed by atoms with E-state index in [9.17, 15) is 18.7 Å². The van der Waals surface area contributed by atoms with Crippen molar-refractivity contribution in [2.24, 2.45) is 23.5 Å². The average Bonchev–Trinajstić information content (AvgIpc) is 2.64. The second kappa shape index (κ2) is 12.2. The summed E-state index contributed by atoms with van der Waals surface area (Å²) < 4.78 is 28.7. The molecule has 0 aromatic heterocycles. The van der Waals surface area contributed by atoms with E-state index in [2.05, 4.69) is 5.32 Å². The summed E-state index contributed by atoms with van der Waals surface area (Å²) in [7, 11) is 0. The summed E-state index contributed by atoms with van der Waals surface area (Å²) in [6.07, 6.45) is 1.25. The number of aliphatic hydroxyl groups is 1. The first-order valence-corrected chi connectivity index (χ1v) is 10.7. The lowest BCUT2D eigenvalue weighted by molar-refractivity contribution is -0.135. The highest BCUT2D eigenvalue weighted by Gasteiger charge is 2.42. The SMILES string of the molecule is CC(C)CC(CCCc1ccccc1)C(=O)NCC(F)(F)C(O)C(N)CC(C)C. The lowest BCUT2D eigenvalue weighted by atomic mass is 9.90. The van der Waals surface area contributed by atoms with Crippen LogP contribution in [0.15, 0.2) is 30.3 Å². The van der Waals surface area contributed by atoms with Crippen molar-refractivity contribution in [3.05, 3.63) is 35.9 Å². The van der Waals surface area contributed by atoms with Crippen LogP contribution in [0.3, 0.4) is 0 Å². The van der Waals surface area contributed by atoms with Crippen LogP contribution in [-0.2, 0) is 11.2 Å². The van der Waals surface area contributed by atoms with Gasteiger partial charge in [-0.1, -0.05) is 58.0 Å². The number of rotatable bonds is 13. The van der Waals surface area contributed by atoms with Gasteiger partial charge in [0.1, 0.15) is 6.10 Å². The Morgan fingerprint density at radius 3 is 2.24 bits per heavy atom. The Morgan fingerprint density at radius 2 is 1.69 bits per heavy atom. The summed E-state index contributed by atoms with van der Waals surface area (Å²) in [5, 5.41) is 12.3. The monoisotopic (exact) mass is 412 g/mol. The van der Waals surface area contributed by atoms with Crippen LogP contribution < -0.4 is 11.1 Å². The van der Waals surface area contributed by atoms with Crippen molar-refractivity contribution in [2.75, 3.05) is 6.54 Å². The molecule has 166 valence electrons. The fourth-order valence-electron chi connectivity index (χ4n) is 3.56. The van der Waals surface area contributed by atoms with E-state index in [0.717, 1.165) is 12.8 Å². The third kappa shape index (κ3) is 9.68. The largest absolute Gasteiger partial charge is 0.385 e. The minimum Gasteiger partial charge on any atom is -0.385 e. The molecule has 0 bridgehead atoms. The molecule has 4 N–H and O–H groups in total. The van der Waals surface area contributed by atoms with Gasteiger partial charge in [0.2, 0.25) is 5.91 Å². The molecule has 0 saturated heterocycles. The molecule has 1 aromatic carbocycles. The van der Waals surface area contributed by atoms with Crippen LogP contribution in [0.25, 0.3) is 0 Å². The van der Waals surface area contributed by atoms with Gasteiger partial charge >= 0.3 is 0 Å². The number of aliphatic hydroxyl groups excluding tert-OH is 1. The van der Waals surface area contributed by atoms with Gasteiger partial charge in [0.15, 0.2) is 0 Å². The van der Waals surface area contributed by atoms with Crippen molar-refractivity contribution in [3.63, 3.8) is 0 Å². The lowest BCUT2D eigenvalue weighted by Gasteiger charge is -2.29. The second-order valence-electron chi connectivity index (χ2n) is 8.92. The van der Waals surface area contributed by atoms with Crippen LogP contribution in [0.4, 0.5) is 8.78 Å². The third-order valence-corrected chi connectivity index (χ3v) is 5.07. The highest BCUT2D eigenvalue weighted by atomic mass is 19.3. The molecule has 3 unspecified atom stereocenters. The predicted molar refractivity (Wildman–Crippen MR) is 114 cm³/mol. The average molecular weight is 413 g/mol. The van der Waals surface area contributed by atoms with Gasteiger partial charge in [-0.15, -0.1) is 0 Å². The molecule has 1 aromatic rings. The molecule has 29 heavy (non-hydrogen) atoms. The molecule has 0 fully saturated rings. The number of nitrogens with one attached hydrogen (secondary N) is 1. The number of alkyl halides is 2. The Hall–Kier alpha value is -1.53. The molecular weight excluding hydrogens is 374 g/mol. The topological polar surface area (TPSA) is 75.3 Å². The van der Waals surface area contributed by atoms with Gasteiger partial charge in [0, 0.05) is 12.0 Å². The maximum Gasteiger partial charge on any atom is 0.291 e. The van der Waals surface area contributed by atoms with Crippen molar-refractivity contribution >= 4 is 5.91 Å². The molecular formula is C23H38F2N2O2. The van der Waals surface area contributed by atoms with Crippen molar-refractivity contribution < 1.29 is 18.7 Å². The Balaban J connectivity index is 2.59. The lowest BCUT2D eigenvalue weighted by Crippen LogP contribution is -2.53. The van der Waals surface area contributed by atoms with Gasteiger partial charge in [-0.3, -0.25) is 4.79 Å². The van der Waals surface area contributed by atoms with Gasteiger partial charge in [0.25, 0.3) is 5.92 Å². The van der Waals surface area contributed by atoms with Gasteiger partial charge < -0.3 is 16.2 Å².